The van der Waals surface area contributed by atoms with Crippen molar-refractivity contribution in [2.24, 2.45) is 17.8 Å². The molecule has 1 amide bonds. The Hall–Kier alpha value is -1.06. The molecule has 2 N–H and O–H groups in total. The molecule has 2 aliphatic carbocycles. The van der Waals surface area contributed by atoms with Gasteiger partial charge in [0.25, 0.3) is 0 Å². The average Bonchev–Trinajstić information content (AvgIpc) is 3.12. The van der Waals surface area contributed by atoms with Gasteiger partial charge in [-0.3, -0.25) is 9.59 Å². The third-order valence-electron chi connectivity index (χ3n) is 4.30. The molecule has 102 valence electrons. The molecule has 1 unspecified atom stereocenters. The van der Waals surface area contributed by atoms with Crippen LogP contribution in [0.3, 0.4) is 0 Å². The highest BCUT2D eigenvalue weighted by atomic mass is 16.4. The molecule has 0 aromatic rings. The number of hydrogen-bond acceptors (Lipinski definition) is 2. The van der Waals surface area contributed by atoms with Crippen LogP contribution in [0.2, 0.25) is 0 Å². The second kappa shape index (κ2) is 5.72. The fraction of sp³-hybridized carbons (Fsp3) is 0.857. The molecule has 4 heteroatoms. The summed E-state index contributed by atoms with van der Waals surface area (Å²) in [5, 5.41) is 11.8. The molecule has 4 nitrogen and oxygen atoms in total. The minimum absolute atomic E-state index is 0.0690. The summed E-state index contributed by atoms with van der Waals surface area (Å²) in [6, 6.07) is -0.144. The van der Waals surface area contributed by atoms with Gasteiger partial charge < -0.3 is 10.4 Å². The van der Waals surface area contributed by atoms with Gasteiger partial charge in [-0.05, 0) is 50.4 Å². The fourth-order valence-electron chi connectivity index (χ4n) is 2.85. The van der Waals surface area contributed by atoms with Crippen LogP contribution in [-0.2, 0) is 9.59 Å². The summed E-state index contributed by atoms with van der Waals surface area (Å²) in [6.45, 7) is 2.23. The summed E-state index contributed by atoms with van der Waals surface area (Å²) in [5.41, 5.74) is 0. The number of amides is 1. The van der Waals surface area contributed by atoms with Gasteiger partial charge in [-0.15, -0.1) is 0 Å². The smallest absolute Gasteiger partial charge is 0.305 e. The van der Waals surface area contributed by atoms with Crippen LogP contribution < -0.4 is 5.32 Å². The maximum atomic E-state index is 12.1. The quantitative estimate of drug-likeness (QED) is 0.789. The first-order valence-electron chi connectivity index (χ1n) is 7.08. The zero-order valence-corrected chi connectivity index (χ0v) is 11.0. The van der Waals surface area contributed by atoms with Crippen molar-refractivity contribution in [3.05, 3.63) is 0 Å². The lowest BCUT2D eigenvalue weighted by Crippen LogP contribution is -2.42. The first kappa shape index (κ1) is 13.4. The number of carbonyl (C=O) groups excluding carboxylic acids is 1. The van der Waals surface area contributed by atoms with E-state index in [1.807, 2.05) is 0 Å². The van der Waals surface area contributed by atoms with Crippen molar-refractivity contribution in [2.75, 3.05) is 0 Å². The molecule has 2 aliphatic rings. The molecule has 0 spiro atoms. The van der Waals surface area contributed by atoms with E-state index >= 15 is 0 Å². The Balaban J connectivity index is 1.82. The summed E-state index contributed by atoms with van der Waals surface area (Å²) in [6.07, 6.45) is 6.32. The molecule has 2 fully saturated rings. The predicted octanol–water partition coefficient (Wildman–Crippen LogP) is 2.18. The molecular formula is C14H23NO3. The summed E-state index contributed by atoms with van der Waals surface area (Å²) in [4.78, 5) is 22.9. The molecule has 0 radical (unpaired) electrons. The van der Waals surface area contributed by atoms with Gasteiger partial charge in [-0.25, -0.2) is 0 Å². The molecule has 0 heterocycles. The molecule has 18 heavy (non-hydrogen) atoms. The van der Waals surface area contributed by atoms with Crippen molar-refractivity contribution in [1.29, 1.82) is 0 Å². The van der Waals surface area contributed by atoms with Crippen LogP contribution >= 0.6 is 0 Å². The van der Waals surface area contributed by atoms with Crippen molar-refractivity contribution in [3.63, 3.8) is 0 Å². The molecule has 0 aromatic carbocycles. The second-order valence-electron chi connectivity index (χ2n) is 6.01. The lowest BCUT2D eigenvalue weighted by molar-refractivity contribution is -0.138. The van der Waals surface area contributed by atoms with Gasteiger partial charge in [0.1, 0.15) is 0 Å². The number of carboxylic acids is 1. The summed E-state index contributed by atoms with van der Waals surface area (Å²) in [7, 11) is 0. The Labute approximate surface area is 108 Å². The van der Waals surface area contributed by atoms with Gasteiger partial charge in [0, 0.05) is 12.0 Å². The van der Waals surface area contributed by atoms with Gasteiger partial charge >= 0.3 is 5.97 Å². The predicted molar refractivity (Wildman–Crippen MR) is 68.0 cm³/mol. The topological polar surface area (TPSA) is 66.4 Å². The van der Waals surface area contributed by atoms with E-state index in [1.165, 1.54) is 0 Å². The maximum absolute atomic E-state index is 12.1. The van der Waals surface area contributed by atoms with Crippen LogP contribution in [0.4, 0.5) is 0 Å². The highest BCUT2D eigenvalue weighted by Gasteiger charge is 2.35. The van der Waals surface area contributed by atoms with Gasteiger partial charge in [0.15, 0.2) is 0 Å². The van der Waals surface area contributed by atoms with E-state index < -0.39 is 5.97 Å². The first-order chi connectivity index (χ1) is 8.56. The highest BCUT2D eigenvalue weighted by molar-refractivity contribution is 5.80. The maximum Gasteiger partial charge on any atom is 0.305 e. The second-order valence-corrected chi connectivity index (χ2v) is 6.01. The Kier molecular flexibility index (Phi) is 4.25. The van der Waals surface area contributed by atoms with Crippen LogP contribution in [0, 0.1) is 17.8 Å². The number of hydrogen-bond donors (Lipinski definition) is 2. The molecular weight excluding hydrogens is 230 g/mol. The molecule has 0 aliphatic heterocycles. The van der Waals surface area contributed by atoms with Crippen molar-refractivity contribution in [1.82, 2.24) is 5.32 Å². The van der Waals surface area contributed by atoms with Gasteiger partial charge in [-0.2, -0.15) is 0 Å². The van der Waals surface area contributed by atoms with E-state index in [4.69, 9.17) is 5.11 Å². The van der Waals surface area contributed by atoms with Crippen LogP contribution in [0.1, 0.15) is 51.9 Å². The van der Waals surface area contributed by atoms with E-state index in [2.05, 4.69) is 12.2 Å². The minimum Gasteiger partial charge on any atom is -0.481 e. The van der Waals surface area contributed by atoms with E-state index in [0.717, 1.165) is 44.4 Å². The summed E-state index contributed by atoms with van der Waals surface area (Å²) < 4.78 is 0. The van der Waals surface area contributed by atoms with Gasteiger partial charge in [0.05, 0.1) is 6.42 Å². The molecule has 0 saturated heterocycles. The number of nitrogens with one attached hydrogen (secondary N) is 1. The van der Waals surface area contributed by atoms with Crippen molar-refractivity contribution < 1.29 is 14.7 Å². The number of rotatable bonds is 5. The largest absolute Gasteiger partial charge is 0.481 e. The van der Waals surface area contributed by atoms with Crippen molar-refractivity contribution in [3.8, 4) is 0 Å². The third kappa shape index (κ3) is 3.72. The molecule has 0 bridgehead atoms. The van der Waals surface area contributed by atoms with Crippen LogP contribution in [0.15, 0.2) is 0 Å². The number of carboxylic acid groups (broad SMARTS) is 1. The zero-order chi connectivity index (χ0) is 13.1. The van der Waals surface area contributed by atoms with Gasteiger partial charge in [0.2, 0.25) is 5.91 Å². The van der Waals surface area contributed by atoms with Crippen LogP contribution in [0.25, 0.3) is 0 Å². The molecule has 1 atom stereocenters. The standard InChI is InChI=1S/C14H23NO3/c1-9-2-4-11(5-3-9)14(18)15-12(8-13(16)17)10-6-7-10/h9-12H,2-8H2,1H3,(H,15,18)(H,16,17). The Morgan fingerprint density at radius 1 is 1.17 bits per heavy atom. The fourth-order valence-corrected chi connectivity index (χ4v) is 2.85. The first-order valence-corrected chi connectivity index (χ1v) is 7.08. The van der Waals surface area contributed by atoms with E-state index in [1.54, 1.807) is 0 Å². The van der Waals surface area contributed by atoms with Crippen molar-refractivity contribution in [2.45, 2.75) is 57.9 Å². The lowest BCUT2D eigenvalue weighted by atomic mass is 9.82. The zero-order valence-electron chi connectivity index (χ0n) is 11.0. The summed E-state index contributed by atoms with van der Waals surface area (Å²) in [5.74, 6) is 0.501. The van der Waals surface area contributed by atoms with E-state index in [9.17, 15) is 9.59 Å². The van der Waals surface area contributed by atoms with E-state index in [-0.39, 0.29) is 24.3 Å². The number of aliphatic carboxylic acids is 1. The van der Waals surface area contributed by atoms with Gasteiger partial charge in [-0.1, -0.05) is 6.92 Å². The highest BCUT2D eigenvalue weighted by Crippen LogP contribution is 2.35. The number of carbonyl (C=O) groups is 2. The van der Waals surface area contributed by atoms with E-state index in [0.29, 0.717) is 5.92 Å². The lowest BCUT2D eigenvalue weighted by Gasteiger charge is -2.27. The third-order valence-corrected chi connectivity index (χ3v) is 4.30. The molecule has 2 rings (SSSR count). The Bertz CT molecular complexity index is 317. The minimum atomic E-state index is -0.815. The van der Waals surface area contributed by atoms with Crippen molar-refractivity contribution >= 4 is 11.9 Å². The SMILES string of the molecule is CC1CCC(C(=O)NC(CC(=O)O)C2CC2)CC1. The normalized spacial score (nSPS) is 29.6. The monoisotopic (exact) mass is 253 g/mol. The van der Waals surface area contributed by atoms with Crippen LogP contribution in [0.5, 0.6) is 0 Å². The molecule has 0 aromatic heterocycles. The summed E-state index contributed by atoms with van der Waals surface area (Å²) >= 11 is 0. The Morgan fingerprint density at radius 2 is 1.78 bits per heavy atom. The molecule has 2 saturated carbocycles. The van der Waals surface area contributed by atoms with Crippen LogP contribution in [-0.4, -0.2) is 23.0 Å². The average molecular weight is 253 g/mol. The Morgan fingerprint density at radius 3 is 2.28 bits per heavy atom.